The highest BCUT2D eigenvalue weighted by molar-refractivity contribution is 5.89. The van der Waals surface area contributed by atoms with Gasteiger partial charge in [0.25, 0.3) is 5.92 Å². The molecule has 88 valence electrons. The van der Waals surface area contributed by atoms with Gasteiger partial charge < -0.3 is 9.80 Å². The highest BCUT2D eigenvalue weighted by Crippen LogP contribution is 2.26. The molecule has 4 nitrogen and oxygen atoms in total. The van der Waals surface area contributed by atoms with E-state index >= 15 is 0 Å². The van der Waals surface area contributed by atoms with Crippen LogP contribution in [0.2, 0.25) is 0 Å². The van der Waals surface area contributed by atoms with Gasteiger partial charge in [0, 0.05) is 25.2 Å². The van der Waals surface area contributed by atoms with Crippen LogP contribution in [0.15, 0.2) is 12.3 Å². The largest absolute Gasteiger partial charge is 0.327 e. The van der Waals surface area contributed by atoms with Crippen molar-refractivity contribution in [3.05, 3.63) is 12.3 Å². The lowest BCUT2D eigenvalue weighted by molar-refractivity contribution is -0.160. The Balaban J connectivity index is 1.84. The summed E-state index contributed by atoms with van der Waals surface area (Å²) in [5.41, 5.74) is 0. The zero-order valence-corrected chi connectivity index (χ0v) is 8.66. The number of nitrogens with zero attached hydrogens (tertiary/aromatic N) is 2. The van der Waals surface area contributed by atoms with Crippen LogP contribution in [-0.2, 0) is 9.59 Å². The molecule has 2 rings (SSSR count). The number of halogens is 2. The standard InChI is InChI=1S/C10H12F2N2O2/c11-10(12)6-14(7-10)9(16)3-5-13-4-1-2-8(13)15/h3,5H,1-2,4,6-7H2/b5-3+. The summed E-state index contributed by atoms with van der Waals surface area (Å²) >= 11 is 0. The zero-order chi connectivity index (χ0) is 11.8. The fourth-order valence-electron chi connectivity index (χ4n) is 1.75. The number of hydrogen-bond acceptors (Lipinski definition) is 2. The molecule has 2 saturated heterocycles. The minimum atomic E-state index is -2.74. The maximum Gasteiger partial charge on any atom is 0.282 e. The molecular formula is C10H12F2N2O2. The molecule has 6 heteroatoms. The van der Waals surface area contributed by atoms with Crippen LogP contribution in [0.1, 0.15) is 12.8 Å². The molecule has 0 N–H and O–H groups in total. The first-order valence-electron chi connectivity index (χ1n) is 5.12. The summed E-state index contributed by atoms with van der Waals surface area (Å²) in [6, 6.07) is 0. The topological polar surface area (TPSA) is 40.6 Å². The molecule has 0 spiro atoms. The molecule has 2 heterocycles. The highest BCUT2D eigenvalue weighted by atomic mass is 19.3. The van der Waals surface area contributed by atoms with Gasteiger partial charge in [-0.05, 0) is 6.42 Å². The van der Waals surface area contributed by atoms with Gasteiger partial charge in [-0.25, -0.2) is 8.78 Å². The summed E-state index contributed by atoms with van der Waals surface area (Å²) < 4.78 is 24.9. The monoisotopic (exact) mass is 230 g/mol. The second kappa shape index (κ2) is 3.84. The average molecular weight is 230 g/mol. The van der Waals surface area contributed by atoms with E-state index < -0.39 is 24.9 Å². The number of hydrogen-bond donors (Lipinski definition) is 0. The van der Waals surface area contributed by atoms with Gasteiger partial charge >= 0.3 is 0 Å². The van der Waals surface area contributed by atoms with Crippen LogP contribution in [0, 0.1) is 0 Å². The molecule has 0 aromatic carbocycles. The first kappa shape index (κ1) is 11.0. The van der Waals surface area contributed by atoms with E-state index in [2.05, 4.69) is 0 Å². The lowest BCUT2D eigenvalue weighted by Crippen LogP contribution is -2.58. The molecule has 0 aliphatic carbocycles. The number of likely N-dealkylation sites (tertiary alicyclic amines) is 2. The highest BCUT2D eigenvalue weighted by Gasteiger charge is 2.45. The Morgan fingerprint density at radius 3 is 2.56 bits per heavy atom. The maximum atomic E-state index is 12.5. The maximum absolute atomic E-state index is 12.5. The summed E-state index contributed by atoms with van der Waals surface area (Å²) in [6.07, 6.45) is 3.83. The van der Waals surface area contributed by atoms with Crippen molar-refractivity contribution >= 4 is 11.8 Å². The van der Waals surface area contributed by atoms with E-state index in [1.165, 1.54) is 17.2 Å². The van der Waals surface area contributed by atoms with Crippen molar-refractivity contribution in [1.29, 1.82) is 0 Å². The van der Waals surface area contributed by atoms with Gasteiger partial charge in [-0.2, -0.15) is 0 Å². The number of amides is 2. The number of carbonyl (C=O) groups excluding carboxylic acids is 2. The second-order valence-electron chi connectivity index (χ2n) is 4.06. The molecule has 0 unspecified atom stereocenters. The van der Waals surface area contributed by atoms with Crippen molar-refractivity contribution in [3.8, 4) is 0 Å². The molecule has 0 atom stereocenters. The van der Waals surface area contributed by atoms with Crippen LogP contribution in [0.4, 0.5) is 8.78 Å². The molecule has 0 aromatic heterocycles. The van der Waals surface area contributed by atoms with E-state index in [1.807, 2.05) is 0 Å². The van der Waals surface area contributed by atoms with Crippen molar-refractivity contribution in [2.75, 3.05) is 19.6 Å². The Kier molecular flexibility index (Phi) is 2.65. The van der Waals surface area contributed by atoms with Crippen LogP contribution in [0.3, 0.4) is 0 Å². The van der Waals surface area contributed by atoms with E-state index in [0.29, 0.717) is 13.0 Å². The van der Waals surface area contributed by atoms with Crippen LogP contribution >= 0.6 is 0 Å². The van der Waals surface area contributed by atoms with E-state index in [4.69, 9.17) is 0 Å². The summed E-state index contributed by atoms with van der Waals surface area (Å²) in [4.78, 5) is 25.0. The predicted octanol–water partition coefficient (Wildman–Crippen LogP) is 0.600. The van der Waals surface area contributed by atoms with Crippen LogP contribution in [0.25, 0.3) is 0 Å². The van der Waals surface area contributed by atoms with E-state index in [0.717, 1.165) is 11.3 Å². The minimum Gasteiger partial charge on any atom is -0.327 e. The molecular weight excluding hydrogens is 218 g/mol. The summed E-state index contributed by atoms with van der Waals surface area (Å²) in [6.45, 7) is -0.451. The Bertz CT molecular complexity index is 347. The average Bonchev–Trinajstić information content (AvgIpc) is 2.56. The normalized spacial score (nSPS) is 24.0. The lowest BCUT2D eigenvalue weighted by Gasteiger charge is -2.37. The van der Waals surface area contributed by atoms with Crippen molar-refractivity contribution in [3.63, 3.8) is 0 Å². The Morgan fingerprint density at radius 2 is 2.06 bits per heavy atom. The van der Waals surface area contributed by atoms with E-state index in [-0.39, 0.29) is 5.91 Å². The minimum absolute atomic E-state index is 0.0296. The fraction of sp³-hybridized carbons (Fsp3) is 0.600. The Labute approximate surface area is 91.5 Å². The third kappa shape index (κ3) is 2.20. The Hall–Kier alpha value is -1.46. The molecule has 2 fully saturated rings. The quantitative estimate of drug-likeness (QED) is 0.652. The molecule has 0 saturated carbocycles. The molecule has 0 aromatic rings. The van der Waals surface area contributed by atoms with Gasteiger partial charge in [0.2, 0.25) is 11.8 Å². The van der Waals surface area contributed by atoms with Crippen molar-refractivity contribution in [2.45, 2.75) is 18.8 Å². The molecule has 2 aliphatic heterocycles. The van der Waals surface area contributed by atoms with Crippen molar-refractivity contribution in [1.82, 2.24) is 9.80 Å². The van der Waals surface area contributed by atoms with Crippen LogP contribution in [0.5, 0.6) is 0 Å². The van der Waals surface area contributed by atoms with E-state index in [9.17, 15) is 18.4 Å². The number of alkyl halides is 2. The number of carbonyl (C=O) groups is 2. The fourth-order valence-corrected chi connectivity index (χ4v) is 1.75. The second-order valence-corrected chi connectivity index (χ2v) is 4.06. The van der Waals surface area contributed by atoms with Crippen molar-refractivity contribution in [2.24, 2.45) is 0 Å². The summed E-state index contributed by atoms with van der Waals surface area (Å²) in [5.74, 6) is -3.24. The van der Waals surface area contributed by atoms with Gasteiger partial charge in [-0.3, -0.25) is 9.59 Å². The zero-order valence-electron chi connectivity index (χ0n) is 8.66. The van der Waals surface area contributed by atoms with Gasteiger partial charge in [0.15, 0.2) is 0 Å². The van der Waals surface area contributed by atoms with Gasteiger partial charge in [0.1, 0.15) is 0 Å². The molecule has 0 bridgehead atoms. The summed E-state index contributed by atoms with van der Waals surface area (Å²) in [7, 11) is 0. The smallest absolute Gasteiger partial charge is 0.282 e. The molecule has 16 heavy (non-hydrogen) atoms. The lowest BCUT2D eigenvalue weighted by atomic mass is 10.1. The van der Waals surface area contributed by atoms with Crippen LogP contribution in [-0.4, -0.2) is 47.2 Å². The van der Waals surface area contributed by atoms with Gasteiger partial charge in [-0.1, -0.05) is 0 Å². The third-order valence-electron chi connectivity index (χ3n) is 2.66. The predicted molar refractivity (Wildman–Crippen MR) is 51.6 cm³/mol. The van der Waals surface area contributed by atoms with Crippen LogP contribution < -0.4 is 0 Å². The summed E-state index contributed by atoms with van der Waals surface area (Å²) in [5, 5.41) is 0. The molecule has 0 radical (unpaired) electrons. The molecule has 2 amide bonds. The third-order valence-corrected chi connectivity index (χ3v) is 2.66. The Morgan fingerprint density at radius 1 is 1.38 bits per heavy atom. The first-order chi connectivity index (χ1) is 7.48. The van der Waals surface area contributed by atoms with Gasteiger partial charge in [0.05, 0.1) is 13.1 Å². The van der Waals surface area contributed by atoms with Crippen molar-refractivity contribution < 1.29 is 18.4 Å². The first-order valence-corrected chi connectivity index (χ1v) is 5.12. The SMILES string of the molecule is O=C1CCCN1/C=C/C(=O)N1CC(F)(F)C1. The molecule has 2 aliphatic rings. The number of rotatable bonds is 2. The van der Waals surface area contributed by atoms with Gasteiger partial charge in [-0.15, -0.1) is 0 Å². The van der Waals surface area contributed by atoms with E-state index in [1.54, 1.807) is 0 Å².